The van der Waals surface area contributed by atoms with Gasteiger partial charge in [-0.15, -0.1) is 0 Å². The molecule has 4 rings (SSSR count). The maximum atomic E-state index is 13.7. The molecule has 174 valence electrons. The zero-order valence-electron chi connectivity index (χ0n) is 19.4. The molecule has 0 saturated carbocycles. The first-order valence-corrected chi connectivity index (χ1v) is 13.3. The van der Waals surface area contributed by atoms with Gasteiger partial charge in [0.15, 0.2) is 0 Å². The molecule has 0 spiro atoms. The van der Waals surface area contributed by atoms with Crippen molar-refractivity contribution in [2.75, 3.05) is 24.1 Å². The van der Waals surface area contributed by atoms with Crippen molar-refractivity contribution < 1.29 is 17.9 Å². The molecule has 0 radical (unpaired) electrons. The number of fused-ring (bicyclic) bond motifs is 1. The van der Waals surface area contributed by atoms with Crippen LogP contribution in [0.2, 0.25) is 0 Å². The molecular formula is C26H35NO4S. The van der Waals surface area contributed by atoms with Crippen molar-refractivity contribution >= 4 is 15.7 Å². The van der Waals surface area contributed by atoms with Crippen LogP contribution in [0.25, 0.3) is 0 Å². The molecule has 0 amide bonds. The molecule has 1 unspecified atom stereocenters. The number of nitrogens with zero attached hydrogens (tertiary/aromatic N) is 1. The highest BCUT2D eigenvalue weighted by atomic mass is 32.2. The fraction of sp³-hybridized carbons (Fsp3) is 0.538. The lowest BCUT2D eigenvalue weighted by atomic mass is 9.88. The first-order valence-electron chi connectivity index (χ1n) is 11.9. The second-order valence-electron chi connectivity index (χ2n) is 9.36. The molecule has 2 aromatic carbocycles. The summed E-state index contributed by atoms with van der Waals surface area (Å²) in [5.74, 6) is 1.55. The van der Waals surface area contributed by atoms with Crippen LogP contribution in [0.15, 0.2) is 47.4 Å². The molecule has 5 nitrogen and oxygen atoms in total. The van der Waals surface area contributed by atoms with Crippen molar-refractivity contribution in [1.29, 1.82) is 0 Å². The van der Waals surface area contributed by atoms with Crippen molar-refractivity contribution in [2.24, 2.45) is 11.8 Å². The fourth-order valence-corrected chi connectivity index (χ4v) is 6.34. The number of hydrogen-bond acceptors (Lipinski definition) is 4. The van der Waals surface area contributed by atoms with Gasteiger partial charge in [-0.25, -0.2) is 8.42 Å². The van der Waals surface area contributed by atoms with Crippen LogP contribution in [-0.2, 0) is 27.6 Å². The lowest BCUT2D eigenvalue weighted by Crippen LogP contribution is -2.35. The zero-order valence-corrected chi connectivity index (χ0v) is 20.2. The van der Waals surface area contributed by atoms with E-state index in [9.17, 15) is 8.42 Å². The van der Waals surface area contributed by atoms with Gasteiger partial charge in [-0.2, -0.15) is 0 Å². The largest absolute Gasteiger partial charge is 0.490 e. The van der Waals surface area contributed by atoms with E-state index >= 15 is 0 Å². The van der Waals surface area contributed by atoms with Gasteiger partial charge in [0.25, 0.3) is 10.0 Å². The highest BCUT2D eigenvalue weighted by Gasteiger charge is 2.31. The van der Waals surface area contributed by atoms with Crippen LogP contribution in [0.1, 0.15) is 51.2 Å². The Morgan fingerprint density at radius 1 is 1.03 bits per heavy atom. The summed E-state index contributed by atoms with van der Waals surface area (Å²) < 4.78 is 40.7. The number of anilines is 1. The van der Waals surface area contributed by atoms with Crippen molar-refractivity contribution in [3.63, 3.8) is 0 Å². The van der Waals surface area contributed by atoms with E-state index in [0.717, 1.165) is 56.6 Å². The lowest BCUT2D eigenvalue weighted by Gasteiger charge is -2.34. The molecule has 1 saturated heterocycles. The van der Waals surface area contributed by atoms with Gasteiger partial charge in [-0.1, -0.05) is 32.9 Å². The fourth-order valence-electron chi connectivity index (χ4n) is 4.67. The van der Waals surface area contributed by atoms with Gasteiger partial charge in [-0.3, -0.25) is 4.31 Å². The van der Waals surface area contributed by atoms with Gasteiger partial charge in [0.2, 0.25) is 0 Å². The Labute approximate surface area is 192 Å². The SMILES string of the molecule is CCc1ccc(N(CC(C)C)S(=O)(=O)c2ccc3c(c2)CCC(C2CCOCC2)O3)cc1. The van der Waals surface area contributed by atoms with E-state index in [1.165, 1.54) is 5.56 Å². The first-order chi connectivity index (χ1) is 15.4. The van der Waals surface area contributed by atoms with Crippen LogP contribution in [-0.4, -0.2) is 34.3 Å². The molecule has 2 aliphatic heterocycles. The van der Waals surface area contributed by atoms with Crippen molar-refractivity contribution in [1.82, 2.24) is 0 Å². The van der Waals surface area contributed by atoms with E-state index in [1.807, 2.05) is 50.2 Å². The molecule has 0 N–H and O–H groups in total. The van der Waals surface area contributed by atoms with Crippen molar-refractivity contribution in [2.45, 2.75) is 63.9 Å². The van der Waals surface area contributed by atoms with Crippen LogP contribution >= 0.6 is 0 Å². The van der Waals surface area contributed by atoms with E-state index in [2.05, 4.69) is 6.92 Å². The normalized spacial score (nSPS) is 19.4. The highest BCUT2D eigenvalue weighted by Crippen LogP contribution is 2.36. The van der Waals surface area contributed by atoms with E-state index in [1.54, 1.807) is 10.4 Å². The van der Waals surface area contributed by atoms with Gasteiger partial charge in [0.05, 0.1) is 10.6 Å². The van der Waals surface area contributed by atoms with E-state index in [0.29, 0.717) is 23.0 Å². The maximum Gasteiger partial charge on any atom is 0.264 e. The third-order valence-electron chi connectivity index (χ3n) is 6.55. The summed E-state index contributed by atoms with van der Waals surface area (Å²) in [5.41, 5.74) is 2.89. The molecular weight excluding hydrogens is 422 g/mol. The van der Waals surface area contributed by atoms with Crippen LogP contribution in [0.3, 0.4) is 0 Å². The minimum atomic E-state index is -3.67. The zero-order chi connectivity index (χ0) is 22.7. The Hall–Kier alpha value is -2.05. The quantitative estimate of drug-likeness (QED) is 0.572. The summed E-state index contributed by atoms with van der Waals surface area (Å²) in [6.45, 7) is 8.23. The average Bonchev–Trinajstić information content (AvgIpc) is 2.82. The predicted octanol–water partition coefficient (Wildman–Crippen LogP) is 5.22. The molecule has 0 aliphatic carbocycles. The molecule has 0 bridgehead atoms. The summed E-state index contributed by atoms with van der Waals surface area (Å²) in [6.07, 6.45) is 4.96. The first kappa shape index (κ1) is 23.1. The van der Waals surface area contributed by atoms with Crippen LogP contribution in [0.4, 0.5) is 5.69 Å². The van der Waals surface area contributed by atoms with Gasteiger partial charge in [0.1, 0.15) is 11.9 Å². The summed E-state index contributed by atoms with van der Waals surface area (Å²) in [6, 6.07) is 13.2. The smallest absolute Gasteiger partial charge is 0.264 e. The second kappa shape index (κ2) is 9.84. The van der Waals surface area contributed by atoms with E-state index in [-0.39, 0.29) is 12.0 Å². The molecule has 32 heavy (non-hydrogen) atoms. The minimum Gasteiger partial charge on any atom is -0.490 e. The van der Waals surface area contributed by atoms with Gasteiger partial charge >= 0.3 is 0 Å². The number of ether oxygens (including phenoxy) is 2. The molecule has 2 aliphatic rings. The average molecular weight is 458 g/mol. The number of sulfonamides is 1. The summed E-state index contributed by atoms with van der Waals surface area (Å²) in [4.78, 5) is 0.338. The Morgan fingerprint density at radius 2 is 1.75 bits per heavy atom. The monoisotopic (exact) mass is 457 g/mol. The second-order valence-corrected chi connectivity index (χ2v) is 11.2. The van der Waals surface area contributed by atoms with Gasteiger partial charge in [0, 0.05) is 25.7 Å². The highest BCUT2D eigenvalue weighted by molar-refractivity contribution is 7.92. The third kappa shape index (κ3) is 4.96. The Balaban J connectivity index is 1.59. The molecule has 1 atom stereocenters. The summed E-state index contributed by atoms with van der Waals surface area (Å²) in [7, 11) is -3.67. The molecule has 2 heterocycles. The van der Waals surface area contributed by atoms with Gasteiger partial charge in [-0.05, 0) is 79.5 Å². The Morgan fingerprint density at radius 3 is 2.41 bits per heavy atom. The number of hydrogen-bond donors (Lipinski definition) is 0. The number of aryl methyl sites for hydroxylation is 2. The van der Waals surface area contributed by atoms with E-state index in [4.69, 9.17) is 9.47 Å². The topological polar surface area (TPSA) is 55.8 Å². The third-order valence-corrected chi connectivity index (χ3v) is 8.34. The summed E-state index contributed by atoms with van der Waals surface area (Å²) >= 11 is 0. The Bertz CT molecular complexity index is 1010. The predicted molar refractivity (Wildman–Crippen MR) is 128 cm³/mol. The number of benzene rings is 2. The molecule has 0 aromatic heterocycles. The standard InChI is InChI=1S/C26H35NO4S/c1-4-20-5-8-23(9-6-20)27(18-19(2)3)32(28,29)24-10-12-26-22(17-24)7-11-25(31-26)21-13-15-30-16-14-21/h5-6,8-10,12,17,19,21,25H,4,7,11,13-16,18H2,1-3H3. The van der Waals surface area contributed by atoms with Gasteiger partial charge < -0.3 is 9.47 Å². The van der Waals surface area contributed by atoms with Crippen LogP contribution in [0.5, 0.6) is 5.75 Å². The molecule has 1 fully saturated rings. The van der Waals surface area contributed by atoms with Crippen molar-refractivity contribution in [3.05, 3.63) is 53.6 Å². The Kier molecular flexibility index (Phi) is 7.11. The van der Waals surface area contributed by atoms with Crippen molar-refractivity contribution in [3.8, 4) is 5.75 Å². The molecule has 2 aromatic rings. The minimum absolute atomic E-state index is 0.198. The maximum absolute atomic E-state index is 13.7. The number of rotatable bonds is 7. The van der Waals surface area contributed by atoms with Crippen LogP contribution < -0.4 is 9.04 Å². The molecule has 6 heteroatoms. The van der Waals surface area contributed by atoms with E-state index < -0.39 is 10.0 Å². The van der Waals surface area contributed by atoms with Crippen LogP contribution in [0, 0.1) is 11.8 Å². The lowest BCUT2D eigenvalue weighted by molar-refractivity contribution is 0.0109. The summed E-state index contributed by atoms with van der Waals surface area (Å²) in [5, 5.41) is 0.